The van der Waals surface area contributed by atoms with Crippen LogP contribution in [0.2, 0.25) is 5.02 Å². The summed E-state index contributed by atoms with van der Waals surface area (Å²) in [5, 5.41) is 3.08. The Morgan fingerprint density at radius 2 is 1.59 bits per heavy atom. The molecule has 0 saturated heterocycles. The summed E-state index contributed by atoms with van der Waals surface area (Å²) in [7, 11) is -2.83. The first-order chi connectivity index (χ1) is 21.1. The number of sulfonamides is 1. The summed E-state index contributed by atoms with van der Waals surface area (Å²) in [5.74, 6) is -1.03. The Hall–Kier alpha value is -4.41. The van der Waals surface area contributed by atoms with E-state index in [9.17, 15) is 22.4 Å². The third kappa shape index (κ3) is 8.15. The lowest BCUT2D eigenvalue weighted by atomic mass is 10.0. The molecule has 0 spiro atoms. The smallest absolute Gasteiger partial charge is 0.264 e. The summed E-state index contributed by atoms with van der Waals surface area (Å²) in [6.07, 6.45) is 0.169. The fourth-order valence-electron chi connectivity index (χ4n) is 4.67. The Balaban J connectivity index is 1.79. The van der Waals surface area contributed by atoms with Gasteiger partial charge in [0.25, 0.3) is 10.0 Å². The Morgan fingerprint density at radius 1 is 0.909 bits per heavy atom. The molecule has 11 heteroatoms. The number of carbonyl (C=O) groups is 2. The maximum absolute atomic E-state index is 14.3. The maximum Gasteiger partial charge on any atom is 0.264 e. The van der Waals surface area contributed by atoms with Crippen LogP contribution in [0.15, 0.2) is 108 Å². The molecule has 0 aliphatic rings. The Labute approximate surface area is 262 Å². The van der Waals surface area contributed by atoms with Gasteiger partial charge in [0.05, 0.1) is 17.7 Å². The molecule has 4 aromatic rings. The van der Waals surface area contributed by atoms with Crippen LogP contribution in [0.1, 0.15) is 18.1 Å². The van der Waals surface area contributed by atoms with Crippen LogP contribution in [0, 0.1) is 5.82 Å². The Morgan fingerprint density at radius 3 is 2.20 bits per heavy atom. The van der Waals surface area contributed by atoms with Crippen molar-refractivity contribution in [2.45, 2.75) is 30.8 Å². The van der Waals surface area contributed by atoms with E-state index in [1.807, 2.05) is 30.3 Å². The predicted octanol–water partition coefficient (Wildman–Crippen LogP) is 5.46. The molecule has 0 radical (unpaired) electrons. The lowest BCUT2D eigenvalue weighted by molar-refractivity contribution is -0.140. The Bertz CT molecular complexity index is 1670. The molecule has 1 atom stereocenters. The van der Waals surface area contributed by atoms with Crippen LogP contribution >= 0.6 is 11.6 Å². The number of ether oxygens (including phenoxy) is 1. The molecular weight excluding hydrogens is 605 g/mol. The van der Waals surface area contributed by atoms with Crippen LogP contribution in [0.4, 0.5) is 10.1 Å². The number of methoxy groups -OCH3 is 1. The molecule has 2 amide bonds. The summed E-state index contributed by atoms with van der Waals surface area (Å²) in [5.41, 5.74) is 1.54. The van der Waals surface area contributed by atoms with Crippen LogP contribution in [0.25, 0.3) is 0 Å². The topological polar surface area (TPSA) is 96.0 Å². The van der Waals surface area contributed by atoms with E-state index in [4.69, 9.17) is 16.3 Å². The summed E-state index contributed by atoms with van der Waals surface area (Å²) < 4.78 is 48.0. The average molecular weight is 638 g/mol. The Kier molecular flexibility index (Phi) is 11.0. The van der Waals surface area contributed by atoms with Crippen molar-refractivity contribution in [1.82, 2.24) is 10.2 Å². The number of nitrogens with one attached hydrogen (secondary N) is 1. The van der Waals surface area contributed by atoms with Crippen LogP contribution in [0.3, 0.4) is 0 Å². The number of rotatable bonds is 13. The van der Waals surface area contributed by atoms with Gasteiger partial charge in [-0.05, 0) is 72.6 Å². The van der Waals surface area contributed by atoms with Gasteiger partial charge in [0.2, 0.25) is 11.8 Å². The van der Waals surface area contributed by atoms with Gasteiger partial charge < -0.3 is 15.0 Å². The van der Waals surface area contributed by atoms with Crippen LogP contribution in [-0.2, 0) is 32.6 Å². The van der Waals surface area contributed by atoms with Crippen molar-refractivity contribution >= 4 is 39.1 Å². The van der Waals surface area contributed by atoms with E-state index in [-0.39, 0.29) is 28.6 Å². The van der Waals surface area contributed by atoms with Crippen molar-refractivity contribution in [2.24, 2.45) is 0 Å². The highest BCUT2D eigenvalue weighted by Gasteiger charge is 2.34. The summed E-state index contributed by atoms with van der Waals surface area (Å²) >= 11 is 6.24. The van der Waals surface area contributed by atoms with E-state index in [2.05, 4.69) is 5.32 Å². The highest BCUT2D eigenvalue weighted by molar-refractivity contribution is 7.92. The summed E-state index contributed by atoms with van der Waals surface area (Å²) in [4.78, 5) is 29.1. The van der Waals surface area contributed by atoms with E-state index in [0.29, 0.717) is 17.9 Å². The third-order valence-electron chi connectivity index (χ3n) is 6.91. The fraction of sp³-hybridized carbons (Fsp3) is 0.212. The number of anilines is 1. The maximum atomic E-state index is 14.3. The van der Waals surface area contributed by atoms with Crippen LogP contribution < -0.4 is 14.4 Å². The molecule has 0 heterocycles. The molecule has 4 aromatic carbocycles. The van der Waals surface area contributed by atoms with Crippen molar-refractivity contribution in [3.8, 4) is 5.75 Å². The molecule has 4 rings (SSSR count). The third-order valence-corrected chi connectivity index (χ3v) is 8.93. The van der Waals surface area contributed by atoms with Gasteiger partial charge in [-0.1, -0.05) is 60.1 Å². The normalized spacial score (nSPS) is 11.8. The first-order valence-corrected chi connectivity index (χ1v) is 15.7. The monoisotopic (exact) mass is 637 g/mol. The number of nitrogens with zero attached hydrogens (tertiary/aromatic N) is 2. The van der Waals surface area contributed by atoms with Gasteiger partial charge in [-0.3, -0.25) is 13.9 Å². The molecule has 0 aliphatic heterocycles. The summed E-state index contributed by atoms with van der Waals surface area (Å²) in [6.45, 7) is 1.38. The molecular formula is C33H33ClFN3O5S. The zero-order valence-corrected chi connectivity index (χ0v) is 25.9. The number of hydrogen-bond acceptors (Lipinski definition) is 5. The molecule has 230 valence electrons. The largest absolute Gasteiger partial charge is 0.497 e. The van der Waals surface area contributed by atoms with Gasteiger partial charge in [-0.2, -0.15) is 0 Å². The number of amides is 2. The number of likely N-dealkylation sites (N-methyl/N-ethyl adjacent to an activating group) is 1. The summed E-state index contributed by atoms with van der Waals surface area (Å²) in [6, 6.07) is 25.7. The van der Waals surface area contributed by atoms with E-state index in [0.717, 1.165) is 9.87 Å². The second-order valence-electron chi connectivity index (χ2n) is 9.92. The van der Waals surface area contributed by atoms with Crippen molar-refractivity contribution in [2.75, 3.05) is 24.5 Å². The minimum absolute atomic E-state index is 0.0688. The first-order valence-electron chi connectivity index (χ1n) is 13.9. The molecule has 0 aromatic heterocycles. The van der Waals surface area contributed by atoms with E-state index in [1.54, 1.807) is 19.1 Å². The van der Waals surface area contributed by atoms with Gasteiger partial charge in [0, 0.05) is 24.5 Å². The van der Waals surface area contributed by atoms with Crippen LogP contribution in [0.5, 0.6) is 5.75 Å². The minimum atomic E-state index is -4.30. The highest BCUT2D eigenvalue weighted by atomic mass is 35.5. The van der Waals surface area contributed by atoms with E-state index < -0.39 is 40.2 Å². The molecule has 44 heavy (non-hydrogen) atoms. The number of hydrogen-bond donors (Lipinski definition) is 1. The van der Waals surface area contributed by atoms with Crippen molar-refractivity contribution < 1.29 is 27.1 Å². The van der Waals surface area contributed by atoms with Gasteiger partial charge in [-0.15, -0.1) is 0 Å². The second kappa shape index (κ2) is 14.9. The van der Waals surface area contributed by atoms with Crippen molar-refractivity contribution in [3.63, 3.8) is 0 Å². The molecule has 1 N–H and O–H groups in total. The molecule has 0 bridgehead atoms. The number of benzene rings is 4. The number of carbonyl (C=O) groups excluding carboxylic acids is 2. The van der Waals surface area contributed by atoms with Gasteiger partial charge >= 0.3 is 0 Å². The molecule has 0 aliphatic carbocycles. The zero-order chi connectivity index (χ0) is 31.7. The molecule has 8 nitrogen and oxygen atoms in total. The minimum Gasteiger partial charge on any atom is -0.497 e. The molecule has 0 unspecified atom stereocenters. The van der Waals surface area contributed by atoms with Gasteiger partial charge in [0.15, 0.2) is 0 Å². The number of halogens is 2. The van der Waals surface area contributed by atoms with Crippen molar-refractivity contribution in [1.29, 1.82) is 0 Å². The van der Waals surface area contributed by atoms with Gasteiger partial charge in [-0.25, -0.2) is 12.8 Å². The van der Waals surface area contributed by atoms with Crippen molar-refractivity contribution in [3.05, 3.63) is 125 Å². The first kappa shape index (κ1) is 32.5. The van der Waals surface area contributed by atoms with Crippen LogP contribution in [-0.4, -0.2) is 51.4 Å². The fourth-order valence-corrected chi connectivity index (χ4v) is 6.26. The highest BCUT2D eigenvalue weighted by Crippen LogP contribution is 2.28. The standard InChI is InChI=1S/C33H33ClFN3O5S/c1-3-36-33(40)31(20-24-8-5-4-6-9-24)37(22-25-12-14-27(35)15-13-25)32(39)23-38(28-11-7-10-26(34)21-28)44(41,42)30-18-16-29(43-2)17-19-30/h4-19,21,31H,3,20,22-23H2,1-2H3,(H,36,40)/t31-/m0/s1. The zero-order valence-electron chi connectivity index (χ0n) is 24.3. The SMILES string of the molecule is CCNC(=O)[C@H](Cc1ccccc1)N(Cc1ccc(F)cc1)C(=O)CN(c1cccc(Cl)c1)S(=O)(=O)c1ccc(OC)cc1. The lowest BCUT2D eigenvalue weighted by Gasteiger charge is -2.33. The van der Waals surface area contributed by atoms with E-state index >= 15 is 0 Å². The predicted molar refractivity (Wildman–Crippen MR) is 169 cm³/mol. The molecule has 0 fully saturated rings. The molecule has 0 saturated carbocycles. The second-order valence-corrected chi connectivity index (χ2v) is 12.2. The average Bonchev–Trinajstić information content (AvgIpc) is 3.02. The lowest BCUT2D eigenvalue weighted by Crippen LogP contribution is -2.53. The quantitative estimate of drug-likeness (QED) is 0.210. The van der Waals surface area contributed by atoms with Gasteiger partial charge in [0.1, 0.15) is 24.2 Å². The van der Waals surface area contributed by atoms with E-state index in [1.165, 1.54) is 72.7 Å².